The Morgan fingerprint density at radius 3 is 2.60 bits per heavy atom. The summed E-state index contributed by atoms with van der Waals surface area (Å²) in [5.74, 6) is 0. The third kappa shape index (κ3) is 4.00. The van der Waals surface area contributed by atoms with Crippen LogP contribution in [0, 0.1) is 0 Å². The lowest BCUT2D eigenvalue weighted by Gasteiger charge is -2.30. The quantitative estimate of drug-likeness (QED) is 0.820. The molecule has 1 aliphatic heterocycles. The summed E-state index contributed by atoms with van der Waals surface area (Å²) < 4.78 is 5.71. The number of rotatable bonds is 7. The zero-order chi connectivity index (χ0) is 14.4. The van der Waals surface area contributed by atoms with Gasteiger partial charge in [-0.3, -0.25) is 0 Å². The van der Waals surface area contributed by atoms with Gasteiger partial charge in [0.15, 0.2) is 0 Å². The van der Waals surface area contributed by atoms with Crippen LogP contribution in [-0.2, 0) is 4.74 Å². The molecule has 0 aliphatic carbocycles. The Bertz CT molecular complexity index is 384. The largest absolute Gasteiger partial charge is 0.377 e. The molecule has 1 aromatic carbocycles. The maximum Gasteiger partial charge on any atom is 0.0666 e. The van der Waals surface area contributed by atoms with E-state index in [4.69, 9.17) is 4.74 Å². The molecule has 4 atom stereocenters. The van der Waals surface area contributed by atoms with E-state index in [9.17, 15) is 0 Å². The van der Waals surface area contributed by atoms with Gasteiger partial charge < -0.3 is 10.1 Å². The molecule has 0 aromatic heterocycles. The monoisotopic (exact) mass is 293 g/mol. The van der Waals surface area contributed by atoms with Crippen LogP contribution in [0.1, 0.15) is 45.2 Å². The van der Waals surface area contributed by atoms with Crippen LogP contribution in [-0.4, -0.2) is 29.8 Å². The lowest BCUT2D eigenvalue weighted by Crippen LogP contribution is -2.32. The van der Waals surface area contributed by atoms with Crippen LogP contribution in [0.4, 0.5) is 0 Å². The standard InChI is InChI=1S/C17H27NOS/c1-4-15(20-16-11-12-19-13(16)3)17(18-5-2)14-9-7-6-8-10-14/h6-10,13,15-18H,4-5,11-12H2,1-3H3. The van der Waals surface area contributed by atoms with E-state index in [0.717, 1.165) is 13.2 Å². The second kappa shape index (κ2) is 8.06. The van der Waals surface area contributed by atoms with E-state index in [1.807, 2.05) is 0 Å². The second-order valence-corrected chi connectivity index (χ2v) is 6.92. The van der Waals surface area contributed by atoms with Gasteiger partial charge in [-0.05, 0) is 31.9 Å². The average molecular weight is 293 g/mol. The average Bonchev–Trinajstić information content (AvgIpc) is 2.89. The van der Waals surface area contributed by atoms with Crippen molar-refractivity contribution in [3.8, 4) is 0 Å². The van der Waals surface area contributed by atoms with E-state index >= 15 is 0 Å². The molecule has 2 nitrogen and oxygen atoms in total. The molecule has 1 saturated heterocycles. The maximum atomic E-state index is 5.71. The van der Waals surface area contributed by atoms with Crippen molar-refractivity contribution < 1.29 is 4.74 Å². The van der Waals surface area contributed by atoms with Gasteiger partial charge in [-0.15, -0.1) is 0 Å². The fourth-order valence-electron chi connectivity index (χ4n) is 2.87. The zero-order valence-corrected chi connectivity index (χ0v) is 13.7. The van der Waals surface area contributed by atoms with Gasteiger partial charge in [0.25, 0.3) is 0 Å². The highest BCUT2D eigenvalue weighted by Gasteiger charge is 2.30. The molecular weight excluding hydrogens is 266 g/mol. The Balaban J connectivity index is 2.08. The Kier molecular flexibility index (Phi) is 6.40. The smallest absolute Gasteiger partial charge is 0.0666 e. The number of benzene rings is 1. The van der Waals surface area contributed by atoms with Crippen LogP contribution >= 0.6 is 11.8 Å². The van der Waals surface area contributed by atoms with Crippen LogP contribution in [0.15, 0.2) is 30.3 Å². The highest BCUT2D eigenvalue weighted by molar-refractivity contribution is 8.00. The first kappa shape index (κ1) is 15.9. The summed E-state index contributed by atoms with van der Waals surface area (Å²) in [4.78, 5) is 0. The lowest BCUT2D eigenvalue weighted by molar-refractivity contribution is 0.127. The minimum absolute atomic E-state index is 0.395. The minimum atomic E-state index is 0.395. The topological polar surface area (TPSA) is 21.3 Å². The van der Waals surface area contributed by atoms with Gasteiger partial charge >= 0.3 is 0 Å². The summed E-state index contributed by atoms with van der Waals surface area (Å²) in [7, 11) is 0. The SMILES string of the molecule is CCNC(c1ccccc1)C(CC)SC1CCOC1C. The number of ether oxygens (including phenoxy) is 1. The number of nitrogens with one attached hydrogen (secondary N) is 1. The van der Waals surface area contributed by atoms with Crippen LogP contribution in [0.3, 0.4) is 0 Å². The van der Waals surface area contributed by atoms with Crippen molar-refractivity contribution in [1.82, 2.24) is 5.32 Å². The summed E-state index contributed by atoms with van der Waals surface area (Å²) >= 11 is 2.12. The minimum Gasteiger partial charge on any atom is -0.377 e. The van der Waals surface area contributed by atoms with Crippen LogP contribution in [0.25, 0.3) is 0 Å². The van der Waals surface area contributed by atoms with E-state index in [2.05, 4.69) is 68.2 Å². The van der Waals surface area contributed by atoms with Gasteiger partial charge in [-0.25, -0.2) is 0 Å². The molecule has 1 aliphatic rings. The predicted molar refractivity (Wildman–Crippen MR) is 88.3 cm³/mol. The maximum absolute atomic E-state index is 5.71. The summed E-state index contributed by atoms with van der Waals surface area (Å²) in [6, 6.07) is 11.3. The van der Waals surface area contributed by atoms with Crippen molar-refractivity contribution in [3.05, 3.63) is 35.9 Å². The first-order valence-electron chi connectivity index (χ1n) is 7.81. The number of thioether (sulfide) groups is 1. The van der Waals surface area contributed by atoms with Crippen molar-refractivity contribution in [2.24, 2.45) is 0 Å². The van der Waals surface area contributed by atoms with Crippen molar-refractivity contribution >= 4 is 11.8 Å². The fraction of sp³-hybridized carbons (Fsp3) is 0.647. The second-order valence-electron chi connectivity index (χ2n) is 5.43. The van der Waals surface area contributed by atoms with Crippen LogP contribution in [0.5, 0.6) is 0 Å². The van der Waals surface area contributed by atoms with E-state index in [1.54, 1.807) is 0 Å². The van der Waals surface area contributed by atoms with Crippen molar-refractivity contribution in [3.63, 3.8) is 0 Å². The first-order chi connectivity index (χ1) is 9.76. The van der Waals surface area contributed by atoms with Crippen molar-refractivity contribution in [2.45, 2.75) is 56.3 Å². The highest BCUT2D eigenvalue weighted by atomic mass is 32.2. The van der Waals surface area contributed by atoms with Crippen LogP contribution < -0.4 is 5.32 Å². The normalized spacial score (nSPS) is 25.6. The third-order valence-electron chi connectivity index (χ3n) is 4.01. The predicted octanol–water partition coefficient (Wildman–Crippen LogP) is 4.03. The Morgan fingerprint density at radius 1 is 1.30 bits per heavy atom. The summed E-state index contributed by atoms with van der Waals surface area (Å²) in [5.41, 5.74) is 1.40. The van der Waals surface area contributed by atoms with Gasteiger partial charge in [0.1, 0.15) is 0 Å². The number of hydrogen-bond donors (Lipinski definition) is 1. The Hall–Kier alpha value is -0.510. The lowest BCUT2D eigenvalue weighted by atomic mass is 10.0. The Labute approximate surface area is 127 Å². The van der Waals surface area contributed by atoms with Crippen LogP contribution in [0.2, 0.25) is 0 Å². The summed E-state index contributed by atoms with van der Waals surface area (Å²) in [6.45, 7) is 8.63. The first-order valence-corrected chi connectivity index (χ1v) is 8.75. The van der Waals surface area contributed by atoms with Gasteiger partial charge in [0.2, 0.25) is 0 Å². The van der Waals surface area contributed by atoms with Crippen molar-refractivity contribution in [2.75, 3.05) is 13.2 Å². The molecule has 112 valence electrons. The highest BCUT2D eigenvalue weighted by Crippen LogP contribution is 2.36. The fourth-order valence-corrected chi connectivity index (χ4v) is 4.45. The van der Waals surface area contributed by atoms with E-state index in [0.29, 0.717) is 22.6 Å². The van der Waals surface area contributed by atoms with E-state index in [1.165, 1.54) is 18.4 Å². The summed E-state index contributed by atoms with van der Waals surface area (Å²) in [5, 5.41) is 4.92. The molecule has 1 N–H and O–H groups in total. The molecule has 0 radical (unpaired) electrons. The number of hydrogen-bond acceptors (Lipinski definition) is 3. The molecule has 4 unspecified atom stereocenters. The molecule has 0 amide bonds. The zero-order valence-electron chi connectivity index (χ0n) is 12.8. The van der Waals surface area contributed by atoms with Gasteiger partial charge in [0.05, 0.1) is 6.10 Å². The Morgan fingerprint density at radius 2 is 2.05 bits per heavy atom. The van der Waals surface area contributed by atoms with Gasteiger partial charge in [-0.1, -0.05) is 44.2 Å². The molecule has 0 bridgehead atoms. The van der Waals surface area contributed by atoms with Gasteiger partial charge in [0, 0.05) is 23.1 Å². The molecule has 1 fully saturated rings. The van der Waals surface area contributed by atoms with Gasteiger partial charge in [-0.2, -0.15) is 11.8 Å². The molecule has 0 saturated carbocycles. The molecule has 2 rings (SSSR count). The van der Waals surface area contributed by atoms with E-state index < -0.39 is 0 Å². The molecular formula is C17H27NOS. The third-order valence-corrected chi connectivity index (χ3v) is 5.94. The molecule has 20 heavy (non-hydrogen) atoms. The molecule has 1 aromatic rings. The molecule has 0 spiro atoms. The molecule has 1 heterocycles. The van der Waals surface area contributed by atoms with E-state index in [-0.39, 0.29) is 0 Å². The molecule has 3 heteroatoms. The summed E-state index contributed by atoms with van der Waals surface area (Å²) in [6.07, 6.45) is 2.77. The van der Waals surface area contributed by atoms with Crippen molar-refractivity contribution in [1.29, 1.82) is 0 Å².